The lowest BCUT2D eigenvalue weighted by atomic mass is 10.1. The Morgan fingerprint density at radius 2 is 0.724 bits per heavy atom. The quantitative estimate of drug-likeness (QED) is 0.106. The molecule has 176 valence electrons. The monoisotopic (exact) mass is 426 g/mol. The van der Waals surface area contributed by atoms with E-state index >= 15 is 0 Å². The lowest BCUT2D eigenvalue weighted by Gasteiger charge is -2.29. The van der Waals surface area contributed by atoms with Gasteiger partial charge in [-0.1, -0.05) is 137 Å². The summed E-state index contributed by atoms with van der Waals surface area (Å²) in [5.41, 5.74) is 1.10. The average molecular weight is 427 g/mol. The van der Waals surface area contributed by atoms with Crippen molar-refractivity contribution in [3.8, 4) is 0 Å². The fourth-order valence-electron chi connectivity index (χ4n) is 4.60. The highest BCUT2D eigenvalue weighted by molar-refractivity contribution is 7.58. The molecule has 29 heavy (non-hydrogen) atoms. The highest BCUT2D eigenvalue weighted by atomic mass is 31.1. The summed E-state index contributed by atoms with van der Waals surface area (Å²) >= 11 is 0. The molecule has 1 atom stereocenters. The number of hydrogen-bond donors (Lipinski definition) is 0. The minimum Gasteiger partial charge on any atom is -0.104 e. The Hall–Kier alpha value is 0.430. The largest absolute Gasteiger partial charge is 0.104 e. The molecule has 0 nitrogen and oxygen atoms in total. The molecule has 0 amide bonds. The summed E-state index contributed by atoms with van der Waals surface area (Å²) in [6.07, 6.45) is 34.1. The van der Waals surface area contributed by atoms with E-state index < -0.39 is 0 Å². The molecule has 0 radical (unpaired) electrons. The second-order valence-electron chi connectivity index (χ2n) is 9.57. The van der Waals surface area contributed by atoms with Gasteiger partial charge in [0.2, 0.25) is 0 Å². The molecular formula is C28H59P. The van der Waals surface area contributed by atoms with Gasteiger partial charge in [0.05, 0.1) is 0 Å². The fourth-order valence-corrected chi connectivity index (χ4v) is 7.91. The van der Waals surface area contributed by atoms with Gasteiger partial charge < -0.3 is 0 Å². The van der Waals surface area contributed by atoms with Crippen LogP contribution in [0.3, 0.4) is 0 Å². The first-order valence-corrected chi connectivity index (χ1v) is 15.8. The molecule has 0 saturated heterocycles. The van der Waals surface area contributed by atoms with E-state index in [1.807, 2.05) is 0 Å². The van der Waals surface area contributed by atoms with Crippen molar-refractivity contribution in [3.63, 3.8) is 0 Å². The van der Waals surface area contributed by atoms with Crippen LogP contribution in [0.1, 0.15) is 163 Å². The fraction of sp³-hybridized carbons (Fsp3) is 1.00. The number of unbranched alkanes of at least 4 members (excludes halogenated alkanes) is 15. The van der Waals surface area contributed by atoms with Gasteiger partial charge in [0.25, 0.3) is 0 Å². The maximum Gasteiger partial charge on any atom is -0.0209 e. The number of hydrogen-bond acceptors (Lipinski definition) is 0. The summed E-state index contributed by atoms with van der Waals surface area (Å²) in [7, 11) is 0.291. The van der Waals surface area contributed by atoms with Gasteiger partial charge in [-0.3, -0.25) is 0 Å². The predicted octanol–water partition coefficient (Wildman–Crippen LogP) is 11.1. The third-order valence-corrected chi connectivity index (χ3v) is 9.98. The highest BCUT2D eigenvalue weighted by Gasteiger charge is 2.19. The molecule has 1 heteroatoms. The Labute approximate surface area is 188 Å². The molecule has 0 fully saturated rings. The molecule has 0 aliphatic rings. The van der Waals surface area contributed by atoms with E-state index in [1.165, 1.54) is 122 Å². The third kappa shape index (κ3) is 20.1. The van der Waals surface area contributed by atoms with E-state index in [4.69, 9.17) is 0 Å². The molecule has 0 aromatic heterocycles. The summed E-state index contributed by atoms with van der Waals surface area (Å²) in [6, 6.07) is 0. The van der Waals surface area contributed by atoms with Crippen LogP contribution in [0.2, 0.25) is 0 Å². The maximum absolute atomic E-state index is 2.39. The predicted molar refractivity (Wildman–Crippen MR) is 140 cm³/mol. The van der Waals surface area contributed by atoms with Crippen LogP contribution in [-0.2, 0) is 0 Å². The van der Waals surface area contributed by atoms with Crippen molar-refractivity contribution in [1.29, 1.82) is 0 Å². The van der Waals surface area contributed by atoms with E-state index in [9.17, 15) is 0 Å². The summed E-state index contributed by atoms with van der Waals surface area (Å²) in [6.45, 7) is 9.39. The van der Waals surface area contributed by atoms with Crippen molar-refractivity contribution in [2.24, 2.45) is 0 Å². The summed E-state index contributed by atoms with van der Waals surface area (Å²) in [4.78, 5) is 0. The molecule has 1 unspecified atom stereocenters. The second kappa shape index (κ2) is 24.7. The van der Waals surface area contributed by atoms with Crippen LogP contribution in [0.25, 0.3) is 0 Å². The minimum absolute atomic E-state index is 0.291. The van der Waals surface area contributed by atoms with Gasteiger partial charge in [-0.05, 0) is 43.7 Å². The molecule has 0 saturated carbocycles. The van der Waals surface area contributed by atoms with Crippen LogP contribution >= 0.6 is 7.92 Å². The summed E-state index contributed by atoms with van der Waals surface area (Å²) in [5.74, 6) is 0. The summed E-state index contributed by atoms with van der Waals surface area (Å²) < 4.78 is 0. The molecule has 0 spiro atoms. The average Bonchev–Trinajstić information content (AvgIpc) is 2.73. The van der Waals surface area contributed by atoms with Crippen LogP contribution in [0.15, 0.2) is 0 Å². The SMILES string of the molecule is CCCCCCCCP(CCCCCCCC)C(CCCC)CCCCCCC. The molecule has 0 bridgehead atoms. The zero-order valence-electron chi connectivity index (χ0n) is 21.3. The normalized spacial score (nSPS) is 12.7. The Morgan fingerprint density at radius 1 is 0.379 bits per heavy atom. The Morgan fingerprint density at radius 3 is 1.17 bits per heavy atom. The van der Waals surface area contributed by atoms with Gasteiger partial charge in [0.1, 0.15) is 0 Å². The van der Waals surface area contributed by atoms with Crippen molar-refractivity contribution < 1.29 is 0 Å². The standard InChI is InChI=1S/C28H59P/c1-5-9-13-16-19-22-26-29(27-23-20-17-14-10-6-2)28(24-12-8-4)25-21-18-15-11-7-3/h28H,5-27H2,1-4H3. The molecule has 0 aromatic rings. The van der Waals surface area contributed by atoms with Crippen LogP contribution in [0, 0.1) is 0 Å². The van der Waals surface area contributed by atoms with Crippen LogP contribution in [-0.4, -0.2) is 18.0 Å². The van der Waals surface area contributed by atoms with Gasteiger partial charge in [-0.25, -0.2) is 0 Å². The zero-order chi connectivity index (χ0) is 21.4. The topological polar surface area (TPSA) is 0 Å². The van der Waals surface area contributed by atoms with E-state index in [0.717, 1.165) is 5.66 Å². The lowest BCUT2D eigenvalue weighted by molar-refractivity contribution is 0.563. The van der Waals surface area contributed by atoms with Crippen LogP contribution in [0.5, 0.6) is 0 Å². The smallest absolute Gasteiger partial charge is 0.0209 e. The van der Waals surface area contributed by atoms with Gasteiger partial charge in [-0.2, -0.15) is 0 Å². The Bertz CT molecular complexity index is 272. The van der Waals surface area contributed by atoms with E-state index in [0.29, 0.717) is 7.92 Å². The summed E-state index contributed by atoms with van der Waals surface area (Å²) in [5, 5.41) is 0. The van der Waals surface area contributed by atoms with Crippen LogP contribution < -0.4 is 0 Å². The van der Waals surface area contributed by atoms with E-state index in [-0.39, 0.29) is 0 Å². The first kappa shape index (κ1) is 29.4. The van der Waals surface area contributed by atoms with Gasteiger partial charge in [-0.15, -0.1) is 7.92 Å². The zero-order valence-corrected chi connectivity index (χ0v) is 22.2. The van der Waals surface area contributed by atoms with Crippen LogP contribution in [0.4, 0.5) is 0 Å². The molecule has 0 aliphatic heterocycles. The van der Waals surface area contributed by atoms with E-state index in [1.54, 1.807) is 25.2 Å². The number of rotatable bonds is 24. The van der Waals surface area contributed by atoms with Gasteiger partial charge in [0, 0.05) is 0 Å². The molecule has 0 N–H and O–H groups in total. The lowest BCUT2D eigenvalue weighted by Crippen LogP contribution is -2.11. The Balaban J connectivity index is 4.45. The molecule has 0 aromatic carbocycles. The maximum atomic E-state index is 2.39. The van der Waals surface area contributed by atoms with Crippen molar-refractivity contribution in [2.75, 3.05) is 12.3 Å². The van der Waals surface area contributed by atoms with E-state index in [2.05, 4.69) is 27.7 Å². The van der Waals surface area contributed by atoms with Crippen molar-refractivity contribution in [2.45, 2.75) is 168 Å². The van der Waals surface area contributed by atoms with Gasteiger partial charge in [0.15, 0.2) is 0 Å². The minimum atomic E-state index is 0.291. The molecule has 0 aliphatic carbocycles. The Kier molecular flexibility index (Phi) is 25.1. The van der Waals surface area contributed by atoms with Crippen molar-refractivity contribution in [3.05, 3.63) is 0 Å². The van der Waals surface area contributed by atoms with Crippen molar-refractivity contribution in [1.82, 2.24) is 0 Å². The molecule has 0 heterocycles. The first-order valence-electron chi connectivity index (χ1n) is 14.0. The van der Waals surface area contributed by atoms with Gasteiger partial charge >= 0.3 is 0 Å². The highest BCUT2D eigenvalue weighted by Crippen LogP contribution is 2.48. The van der Waals surface area contributed by atoms with Crippen molar-refractivity contribution >= 4 is 7.92 Å². The molecule has 0 rings (SSSR count). The second-order valence-corrected chi connectivity index (χ2v) is 12.4. The first-order chi connectivity index (χ1) is 14.3. The molecular weight excluding hydrogens is 367 g/mol. The third-order valence-electron chi connectivity index (χ3n) is 6.65.